The van der Waals surface area contributed by atoms with Crippen molar-refractivity contribution in [3.63, 3.8) is 0 Å². The van der Waals surface area contributed by atoms with E-state index >= 15 is 0 Å². The summed E-state index contributed by atoms with van der Waals surface area (Å²) in [5.41, 5.74) is 7.56. The van der Waals surface area contributed by atoms with E-state index in [4.69, 9.17) is 10.5 Å². The van der Waals surface area contributed by atoms with Gasteiger partial charge in [0.15, 0.2) is 0 Å². The van der Waals surface area contributed by atoms with Crippen molar-refractivity contribution in [3.05, 3.63) is 53.5 Å². The molecule has 0 atom stereocenters. The Morgan fingerprint density at radius 2 is 1.94 bits per heavy atom. The average molecular weight is 269 g/mol. The van der Waals surface area contributed by atoms with Crippen LogP contribution in [0.4, 0.5) is 4.39 Å². The van der Waals surface area contributed by atoms with Gasteiger partial charge in [-0.1, -0.05) is 0 Å². The molecule has 0 fully saturated rings. The van der Waals surface area contributed by atoms with E-state index in [1.807, 2.05) is 13.0 Å². The smallest absolute Gasteiger partial charge is 0.219 e. The van der Waals surface area contributed by atoms with Gasteiger partial charge in [-0.2, -0.15) is 0 Å². The lowest BCUT2D eigenvalue weighted by atomic mass is 10.2. The van der Waals surface area contributed by atoms with Crippen molar-refractivity contribution in [3.8, 4) is 11.6 Å². The molecule has 18 heavy (non-hydrogen) atoms. The first-order valence-corrected chi connectivity index (χ1v) is 5.28. The molecule has 0 bridgehead atoms. The predicted octanol–water partition coefficient (Wildman–Crippen LogP) is 3.20. The highest BCUT2D eigenvalue weighted by molar-refractivity contribution is 5.85. The maximum atomic E-state index is 12.7. The zero-order chi connectivity index (χ0) is 12.3. The van der Waals surface area contributed by atoms with Crippen LogP contribution in [0.15, 0.2) is 36.5 Å². The maximum Gasteiger partial charge on any atom is 0.219 e. The highest BCUT2D eigenvalue weighted by Gasteiger charge is 2.02. The fraction of sp³-hybridized carbons (Fsp3) is 0.154. The van der Waals surface area contributed by atoms with E-state index in [2.05, 4.69) is 4.98 Å². The van der Waals surface area contributed by atoms with Crippen molar-refractivity contribution in [1.82, 2.24) is 4.98 Å². The van der Waals surface area contributed by atoms with Gasteiger partial charge in [-0.25, -0.2) is 9.37 Å². The van der Waals surface area contributed by atoms with Gasteiger partial charge in [-0.3, -0.25) is 0 Å². The van der Waals surface area contributed by atoms with Crippen LogP contribution in [0, 0.1) is 12.7 Å². The lowest BCUT2D eigenvalue weighted by Gasteiger charge is -2.07. The third kappa shape index (κ3) is 3.42. The first-order chi connectivity index (χ1) is 8.19. The van der Waals surface area contributed by atoms with Crippen LogP contribution in [-0.2, 0) is 6.54 Å². The quantitative estimate of drug-likeness (QED) is 0.930. The number of ether oxygens (including phenoxy) is 1. The third-order valence-electron chi connectivity index (χ3n) is 2.45. The fourth-order valence-electron chi connectivity index (χ4n) is 1.45. The van der Waals surface area contributed by atoms with Crippen LogP contribution < -0.4 is 10.5 Å². The standard InChI is InChI=1S/C13H13FN2O.ClH/c1-9-6-13(16-8-10(9)7-15)17-12-4-2-11(14)3-5-12;/h2-6,8H,7,15H2,1H3;1H. The molecule has 0 amide bonds. The molecule has 0 aliphatic carbocycles. The fourth-order valence-corrected chi connectivity index (χ4v) is 1.45. The summed E-state index contributed by atoms with van der Waals surface area (Å²) in [7, 11) is 0. The molecule has 1 heterocycles. The minimum absolute atomic E-state index is 0. The van der Waals surface area contributed by atoms with Crippen LogP contribution in [0.2, 0.25) is 0 Å². The first-order valence-electron chi connectivity index (χ1n) is 5.28. The minimum atomic E-state index is -0.292. The summed E-state index contributed by atoms with van der Waals surface area (Å²) in [6.45, 7) is 2.40. The van der Waals surface area contributed by atoms with Crippen molar-refractivity contribution >= 4 is 12.4 Å². The summed E-state index contributed by atoms with van der Waals surface area (Å²) < 4.78 is 18.2. The molecule has 0 spiro atoms. The number of nitrogens with two attached hydrogens (primary N) is 1. The summed E-state index contributed by atoms with van der Waals surface area (Å²) in [6, 6.07) is 7.62. The molecular weight excluding hydrogens is 255 g/mol. The van der Waals surface area contributed by atoms with Gasteiger partial charge in [0, 0.05) is 18.8 Å². The van der Waals surface area contributed by atoms with Crippen molar-refractivity contribution < 1.29 is 9.13 Å². The van der Waals surface area contributed by atoms with Crippen LogP contribution in [0.5, 0.6) is 11.6 Å². The van der Waals surface area contributed by atoms with Gasteiger partial charge in [0.05, 0.1) is 0 Å². The number of hydrogen-bond acceptors (Lipinski definition) is 3. The van der Waals surface area contributed by atoms with E-state index in [1.165, 1.54) is 12.1 Å². The number of benzene rings is 1. The van der Waals surface area contributed by atoms with Crippen LogP contribution in [0.1, 0.15) is 11.1 Å². The van der Waals surface area contributed by atoms with Crippen LogP contribution in [-0.4, -0.2) is 4.98 Å². The molecule has 0 saturated heterocycles. The Labute approximate surface area is 111 Å². The average Bonchev–Trinajstić information content (AvgIpc) is 2.32. The summed E-state index contributed by atoms with van der Waals surface area (Å²) in [4.78, 5) is 4.13. The molecule has 2 rings (SSSR count). The van der Waals surface area contributed by atoms with Crippen LogP contribution in [0.25, 0.3) is 0 Å². The molecule has 1 aromatic carbocycles. The van der Waals surface area contributed by atoms with E-state index in [1.54, 1.807) is 18.3 Å². The molecule has 96 valence electrons. The number of nitrogens with zero attached hydrogens (tertiary/aromatic N) is 1. The van der Waals surface area contributed by atoms with E-state index < -0.39 is 0 Å². The van der Waals surface area contributed by atoms with Crippen molar-refractivity contribution in [2.75, 3.05) is 0 Å². The predicted molar refractivity (Wildman–Crippen MR) is 70.6 cm³/mol. The van der Waals surface area contributed by atoms with Gasteiger partial charge in [-0.05, 0) is 42.3 Å². The highest BCUT2D eigenvalue weighted by Crippen LogP contribution is 2.21. The summed E-state index contributed by atoms with van der Waals surface area (Å²) in [5.74, 6) is 0.741. The first kappa shape index (κ1) is 14.4. The second-order valence-electron chi connectivity index (χ2n) is 3.71. The molecule has 1 aromatic heterocycles. The Hall–Kier alpha value is -1.65. The van der Waals surface area contributed by atoms with E-state index in [-0.39, 0.29) is 18.2 Å². The van der Waals surface area contributed by atoms with Gasteiger partial charge in [0.25, 0.3) is 0 Å². The molecule has 0 aliphatic rings. The molecule has 5 heteroatoms. The molecule has 2 aromatic rings. The second-order valence-corrected chi connectivity index (χ2v) is 3.71. The zero-order valence-electron chi connectivity index (χ0n) is 9.89. The zero-order valence-corrected chi connectivity index (χ0v) is 10.7. The number of hydrogen-bond donors (Lipinski definition) is 1. The van der Waals surface area contributed by atoms with Crippen molar-refractivity contribution in [2.24, 2.45) is 5.73 Å². The van der Waals surface area contributed by atoms with Gasteiger partial charge >= 0.3 is 0 Å². The summed E-state index contributed by atoms with van der Waals surface area (Å²) >= 11 is 0. The Balaban J connectivity index is 0.00000162. The topological polar surface area (TPSA) is 48.1 Å². The van der Waals surface area contributed by atoms with Crippen molar-refractivity contribution in [2.45, 2.75) is 13.5 Å². The third-order valence-corrected chi connectivity index (χ3v) is 2.45. The number of aryl methyl sites for hydroxylation is 1. The second kappa shape index (κ2) is 6.33. The molecule has 0 radical (unpaired) electrons. The summed E-state index contributed by atoms with van der Waals surface area (Å²) in [5, 5.41) is 0. The largest absolute Gasteiger partial charge is 0.439 e. The number of pyridine rings is 1. The molecule has 3 nitrogen and oxygen atoms in total. The van der Waals surface area contributed by atoms with Gasteiger partial charge in [-0.15, -0.1) is 12.4 Å². The molecule has 0 aliphatic heterocycles. The Morgan fingerprint density at radius 3 is 2.50 bits per heavy atom. The van der Waals surface area contributed by atoms with Crippen LogP contribution in [0.3, 0.4) is 0 Å². The maximum absolute atomic E-state index is 12.7. The van der Waals surface area contributed by atoms with Gasteiger partial charge in [0.2, 0.25) is 5.88 Å². The van der Waals surface area contributed by atoms with Crippen LogP contribution >= 0.6 is 12.4 Å². The minimum Gasteiger partial charge on any atom is -0.439 e. The lowest BCUT2D eigenvalue weighted by molar-refractivity contribution is 0.460. The Bertz CT molecular complexity index is 517. The van der Waals surface area contributed by atoms with Gasteiger partial charge in [0.1, 0.15) is 11.6 Å². The van der Waals surface area contributed by atoms with E-state index in [0.29, 0.717) is 18.2 Å². The monoisotopic (exact) mass is 268 g/mol. The number of rotatable bonds is 3. The normalized spacial score (nSPS) is 9.72. The number of halogens is 2. The Kier molecular flexibility index (Phi) is 5.07. The molecule has 2 N–H and O–H groups in total. The van der Waals surface area contributed by atoms with E-state index in [9.17, 15) is 4.39 Å². The van der Waals surface area contributed by atoms with Crippen molar-refractivity contribution in [1.29, 1.82) is 0 Å². The highest BCUT2D eigenvalue weighted by atomic mass is 35.5. The summed E-state index contributed by atoms with van der Waals surface area (Å²) in [6.07, 6.45) is 1.69. The van der Waals surface area contributed by atoms with E-state index in [0.717, 1.165) is 11.1 Å². The molecular formula is C13H14ClFN2O. The number of aromatic nitrogens is 1. The van der Waals surface area contributed by atoms with Gasteiger partial charge < -0.3 is 10.5 Å². The molecule has 0 unspecified atom stereocenters. The Morgan fingerprint density at radius 1 is 1.28 bits per heavy atom. The lowest BCUT2D eigenvalue weighted by Crippen LogP contribution is -2.00. The molecule has 0 saturated carbocycles. The SMILES string of the molecule is Cc1cc(Oc2ccc(F)cc2)ncc1CN.Cl.